The van der Waals surface area contributed by atoms with Gasteiger partial charge < -0.3 is 16.2 Å². The van der Waals surface area contributed by atoms with Crippen LogP contribution in [-0.2, 0) is 6.18 Å². The number of amides is 2. The third kappa shape index (κ3) is 4.20. The number of benzene rings is 1. The molecular formula is C20H15BF3N7O3. The summed E-state index contributed by atoms with van der Waals surface area (Å²) in [7, 11) is 1.59. The van der Waals surface area contributed by atoms with E-state index < -0.39 is 23.7 Å². The molecule has 172 valence electrons. The molecule has 10 nitrogen and oxygen atoms in total. The van der Waals surface area contributed by atoms with Gasteiger partial charge in [0.25, 0.3) is 0 Å². The van der Waals surface area contributed by atoms with Crippen LogP contribution in [-0.4, -0.2) is 44.5 Å². The Morgan fingerprint density at radius 1 is 1.09 bits per heavy atom. The molecule has 0 fully saturated rings. The molecule has 4 rings (SSSR count). The van der Waals surface area contributed by atoms with Gasteiger partial charge in [-0.3, -0.25) is 5.32 Å². The Morgan fingerprint density at radius 3 is 2.44 bits per heavy atom. The minimum atomic E-state index is -4.57. The molecule has 0 radical (unpaired) electrons. The van der Waals surface area contributed by atoms with Crippen LogP contribution in [0, 0.1) is 0 Å². The molecule has 0 bridgehead atoms. The van der Waals surface area contributed by atoms with Crippen molar-refractivity contribution in [1.82, 2.24) is 19.6 Å². The van der Waals surface area contributed by atoms with Gasteiger partial charge >= 0.3 is 18.2 Å². The van der Waals surface area contributed by atoms with Gasteiger partial charge in [-0.1, -0.05) is 12.1 Å². The number of carbonyl (C=O) groups excluding carboxylic acids is 1. The monoisotopic (exact) mass is 469 g/mol. The van der Waals surface area contributed by atoms with Crippen molar-refractivity contribution in [3.8, 4) is 11.1 Å². The second kappa shape index (κ2) is 8.39. The number of urea groups is 1. The fourth-order valence-electron chi connectivity index (χ4n) is 3.48. The molecule has 3 heterocycles. The Labute approximate surface area is 190 Å². The van der Waals surface area contributed by atoms with Gasteiger partial charge in [0.15, 0.2) is 13.7 Å². The fraction of sp³-hybridized carbons (Fsp3) is 0.0500. The lowest BCUT2D eigenvalue weighted by Gasteiger charge is -2.10. The van der Waals surface area contributed by atoms with Gasteiger partial charge in [-0.15, -0.1) is 0 Å². The fourth-order valence-corrected chi connectivity index (χ4v) is 3.48. The first-order valence-electron chi connectivity index (χ1n) is 9.63. The number of carbonyl (C=O) groups is 2. The summed E-state index contributed by atoms with van der Waals surface area (Å²) >= 11 is 0. The molecule has 0 aliphatic heterocycles. The maximum absolute atomic E-state index is 12.8. The van der Waals surface area contributed by atoms with E-state index in [0.717, 1.165) is 12.3 Å². The van der Waals surface area contributed by atoms with Gasteiger partial charge in [0.1, 0.15) is 17.7 Å². The second-order valence-electron chi connectivity index (χ2n) is 7.13. The average Bonchev–Trinajstić information content (AvgIpc) is 3.08. The molecule has 14 heteroatoms. The number of pyridine rings is 1. The number of nitrogen functional groups attached to an aromatic ring is 1. The summed E-state index contributed by atoms with van der Waals surface area (Å²) in [6.45, 7) is 0. The van der Waals surface area contributed by atoms with Crippen molar-refractivity contribution in [2.24, 2.45) is 0 Å². The first kappa shape index (κ1) is 22.6. The van der Waals surface area contributed by atoms with Gasteiger partial charge in [-0.2, -0.15) is 18.3 Å². The van der Waals surface area contributed by atoms with Gasteiger partial charge in [0.05, 0.1) is 11.1 Å². The topological polar surface area (TPSA) is 148 Å². The number of anilines is 3. The van der Waals surface area contributed by atoms with Crippen molar-refractivity contribution >= 4 is 48.3 Å². The number of nitrogens with one attached hydrogen (secondary N) is 2. The Kier molecular flexibility index (Phi) is 5.57. The van der Waals surface area contributed by atoms with Crippen molar-refractivity contribution in [2.75, 3.05) is 16.4 Å². The van der Waals surface area contributed by atoms with E-state index in [-0.39, 0.29) is 17.2 Å². The van der Waals surface area contributed by atoms with Crippen LogP contribution >= 0.6 is 0 Å². The first-order valence-corrected chi connectivity index (χ1v) is 9.63. The van der Waals surface area contributed by atoms with E-state index >= 15 is 0 Å². The largest absolute Gasteiger partial charge is 0.478 e. The third-order valence-electron chi connectivity index (χ3n) is 4.96. The third-order valence-corrected chi connectivity index (χ3v) is 4.96. The van der Waals surface area contributed by atoms with Crippen molar-refractivity contribution in [3.05, 3.63) is 60.0 Å². The summed E-state index contributed by atoms with van der Waals surface area (Å²) < 4.78 is 39.9. The van der Waals surface area contributed by atoms with E-state index in [9.17, 15) is 27.9 Å². The number of hydrogen-bond donors (Lipinski definition) is 4. The van der Waals surface area contributed by atoms with Crippen LogP contribution in [0.25, 0.3) is 16.6 Å². The van der Waals surface area contributed by atoms with Crippen LogP contribution in [0.15, 0.2) is 48.9 Å². The molecule has 5 N–H and O–H groups in total. The Bertz CT molecular complexity index is 1420. The SMILES string of the molecule is Bc1c(C(=O)O)c(-c2ccc(NC(=O)Nc3cc(C(F)(F)F)ccn3)cc2)c2c(N)ncnn12. The summed E-state index contributed by atoms with van der Waals surface area (Å²) in [6.07, 6.45) is -2.42. The van der Waals surface area contributed by atoms with Gasteiger partial charge in [0.2, 0.25) is 0 Å². The number of hydrogen-bond acceptors (Lipinski definition) is 6. The number of rotatable bonds is 4. The van der Waals surface area contributed by atoms with Crippen molar-refractivity contribution in [2.45, 2.75) is 6.18 Å². The van der Waals surface area contributed by atoms with Crippen LogP contribution in [0.5, 0.6) is 0 Å². The van der Waals surface area contributed by atoms with E-state index in [1.54, 1.807) is 20.0 Å². The van der Waals surface area contributed by atoms with Crippen molar-refractivity contribution in [1.29, 1.82) is 0 Å². The highest BCUT2D eigenvalue weighted by molar-refractivity contribution is 6.37. The number of nitrogens with zero attached hydrogens (tertiary/aromatic N) is 4. The number of nitrogens with two attached hydrogens (primary N) is 1. The lowest BCUT2D eigenvalue weighted by molar-refractivity contribution is -0.137. The molecule has 34 heavy (non-hydrogen) atoms. The Morgan fingerprint density at radius 2 is 1.79 bits per heavy atom. The highest BCUT2D eigenvalue weighted by atomic mass is 19.4. The van der Waals surface area contributed by atoms with E-state index in [2.05, 4.69) is 25.7 Å². The van der Waals surface area contributed by atoms with Crippen LogP contribution in [0.4, 0.5) is 35.3 Å². The van der Waals surface area contributed by atoms with Crippen LogP contribution in [0.2, 0.25) is 0 Å². The zero-order valence-electron chi connectivity index (χ0n) is 17.4. The molecule has 1 aromatic carbocycles. The molecule has 0 aliphatic rings. The number of carboxylic acid groups (broad SMARTS) is 1. The number of alkyl halides is 3. The highest BCUT2D eigenvalue weighted by Crippen LogP contribution is 2.32. The Balaban J connectivity index is 1.59. The van der Waals surface area contributed by atoms with Gasteiger partial charge in [-0.25, -0.2) is 24.1 Å². The highest BCUT2D eigenvalue weighted by Gasteiger charge is 2.31. The molecule has 0 atom stereocenters. The summed E-state index contributed by atoms with van der Waals surface area (Å²) in [5.41, 5.74) is 6.81. The minimum absolute atomic E-state index is 0.00118. The van der Waals surface area contributed by atoms with Gasteiger partial charge in [-0.05, 0) is 29.8 Å². The van der Waals surface area contributed by atoms with Crippen LogP contribution < -0.4 is 22.0 Å². The summed E-state index contributed by atoms with van der Waals surface area (Å²) in [4.78, 5) is 31.8. The summed E-state index contributed by atoms with van der Waals surface area (Å²) in [5.74, 6) is -1.36. The number of fused-ring (bicyclic) bond motifs is 1. The van der Waals surface area contributed by atoms with E-state index in [1.165, 1.54) is 23.0 Å². The maximum Gasteiger partial charge on any atom is 0.416 e. The van der Waals surface area contributed by atoms with E-state index in [0.29, 0.717) is 34.0 Å². The molecule has 4 aromatic rings. The molecule has 0 spiro atoms. The van der Waals surface area contributed by atoms with Crippen LogP contribution in [0.3, 0.4) is 0 Å². The molecule has 2 amide bonds. The molecule has 0 saturated carbocycles. The number of carboxylic acids is 1. The number of halogens is 3. The molecular weight excluding hydrogens is 454 g/mol. The number of aromatic nitrogens is 4. The summed E-state index contributed by atoms with van der Waals surface area (Å²) in [6, 6.07) is 6.81. The van der Waals surface area contributed by atoms with Crippen molar-refractivity contribution < 1.29 is 27.9 Å². The normalized spacial score (nSPS) is 11.4. The first-order chi connectivity index (χ1) is 16.1. The summed E-state index contributed by atoms with van der Waals surface area (Å²) in [5, 5.41) is 18.5. The molecule has 0 aliphatic carbocycles. The average molecular weight is 469 g/mol. The lowest BCUT2D eigenvalue weighted by Crippen LogP contribution is -2.20. The smallest absolute Gasteiger partial charge is 0.416 e. The molecule has 0 saturated heterocycles. The second-order valence-corrected chi connectivity index (χ2v) is 7.13. The molecule has 0 unspecified atom stereocenters. The van der Waals surface area contributed by atoms with E-state index in [4.69, 9.17) is 5.73 Å². The zero-order valence-corrected chi connectivity index (χ0v) is 17.4. The maximum atomic E-state index is 12.8. The minimum Gasteiger partial charge on any atom is -0.478 e. The Hall–Kier alpha value is -4.62. The van der Waals surface area contributed by atoms with Gasteiger partial charge in [0, 0.05) is 23.0 Å². The lowest BCUT2D eigenvalue weighted by atomic mass is 9.94. The predicted molar refractivity (Wildman–Crippen MR) is 120 cm³/mol. The predicted octanol–water partition coefficient (Wildman–Crippen LogP) is 1.99. The zero-order chi connectivity index (χ0) is 24.6. The number of aromatic carboxylic acids is 1. The standard InChI is InChI=1S/C20H15BF3N7O3/c21-16-14(18(32)33)13(15-17(25)27-8-28-31(15)16)9-1-3-11(4-2-9)29-19(34)30-12-7-10(5-6-26-12)20(22,23)24/h1-8H,21H2,(H,32,33)(H2,25,27,28)(H2,26,29,30,34). The van der Waals surface area contributed by atoms with Crippen LogP contribution in [0.1, 0.15) is 15.9 Å². The van der Waals surface area contributed by atoms with E-state index in [1.807, 2.05) is 0 Å². The van der Waals surface area contributed by atoms with Crippen molar-refractivity contribution in [3.63, 3.8) is 0 Å². The quantitative estimate of drug-likeness (QED) is 0.334. The molecule has 3 aromatic heterocycles.